The summed E-state index contributed by atoms with van der Waals surface area (Å²) in [7, 11) is 2.33. The van der Waals surface area contributed by atoms with Crippen LogP contribution in [-0.2, 0) is 0 Å². The molecule has 0 aliphatic heterocycles. The van der Waals surface area contributed by atoms with Crippen LogP contribution in [0.4, 0.5) is 0 Å². The molecule has 2 aliphatic rings. The average Bonchev–Trinajstić information content (AvgIpc) is 3.12. The Labute approximate surface area is 107 Å². The van der Waals surface area contributed by atoms with Crippen LogP contribution in [-0.4, -0.2) is 30.6 Å². The fourth-order valence-corrected chi connectivity index (χ4v) is 3.96. The molecule has 0 aromatic heterocycles. The summed E-state index contributed by atoms with van der Waals surface area (Å²) < 4.78 is 0. The molecule has 2 heteroatoms. The van der Waals surface area contributed by atoms with Crippen LogP contribution < -0.4 is 5.73 Å². The standard InChI is InChI=1S/C15H30N2/c1-12(2)14-6-4-5-9-15(14,11-16)17(3)10-13-7-8-13/h12-14H,4-11,16H2,1-3H3. The summed E-state index contributed by atoms with van der Waals surface area (Å²) in [6.07, 6.45) is 8.35. The third-order valence-electron chi connectivity index (χ3n) is 5.21. The Morgan fingerprint density at radius 1 is 1.24 bits per heavy atom. The molecule has 0 aromatic rings. The van der Waals surface area contributed by atoms with Gasteiger partial charge in [-0.3, -0.25) is 4.90 Å². The van der Waals surface area contributed by atoms with Crippen LogP contribution in [0.2, 0.25) is 0 Å². The molecule has 0 aromatic carbocycles. The topological polar surface area (TPSA) is 29.3 Å². The highest BCUT2D eigenvalue weighted by molar-refractivity contribution is 5.01. The van der Waals surface area contributed by atoms with E-state index in [0.717, 1.165) is 24.3 Å². The molecule has 2 rings (SSSR count). The van der Waals surface area contributed by atoms with E-state index in [1.807, 2.05) is 0 Å². The quantitative estimate of drug-likeness (QED) is 0.798. The van der Waals surface area contributed by atoms with E-state index in [0.29, 0.717) is 5.54 Å². The van der Waals surface area contributed by atoms with Gasteiger partial charge in [0.25, 0.3) is 0 Å². The highest BCUT2D eigenvalue weighted by atomic mass is 15.2. The first-order valence-electron chi connectivity index (χ1n) is 7.51. The van der Waals surface area contributed by atoms with Gasteiger partial charge in [-0.1, -0.05) is 26.7 Å². The minimum absolute atomic E-state index is 0.301. The fraction of sp³-hybridized carbons (Fsp3) is 1.00. The molecular weight excluding hydrogens is 208 g/mol. The van der Waals surface area contributed by atoms with Gasteiger partial charge in [0.2, 0.25) is 0 Å². The third-order valence-corrected chi connectivity index (χ3v) is 5.21. The van der Waals surface area contributed by atoms with Gasteiger partial charge in [0.1, 0.15) is 0 Å². The van der Waals surface area contributed by atoms with E-state index >= 15 is 0 Å². The Morgan fingerprint density at radius 3 is 2.47 bits per heavy atom. The van der Waals surface area contributed by atoms with E-state index in [1.54, 1.807) is 0 Å². The van der Waals surface area contributed by atoms with Crippen molar-refractivity contribution < 1.29 is 0 Å². The molecular formula is C15H30N2. The van der Waals surface area contributed by atoms with E-state index in [4.69, 9.17) is 5.73 Å². The summed E-state index contributed by atoms with van der Waals surface area (Å²) in [6, 6.07) is 0. The lowest BCUT2D eigenvalue weighted by molar-refractivity contribution is 0.000703. The van der Waals surface area contributed by atoms with Crippen molar-refractivity contribution in [3.8, 4) is 0 Å². The fourth-order valence-electron chi connectivity index (χ4n) is 3.96. The smallest absolute Gasteiger partial charge is 0.0359 e. The maximum atomic E-state index is 6.22. The molecule has 0 heterocycles. The Bertz CT molecular complexity index is 247. The molecule has 0 spiro atoms. The second-order valence-corrected chi connectivity index (χ2v) is 6.73. The van der Waals surface area contributed by atoms with Crippen molar-refractivity contribution in [2.45, 2.75) is 57.9 Å². The van der Waals surface area contributed by atoms with Crippen LogP contribution in [0.1, 0.15) is 52.4 Å². The lowest BCUT2D eigenvalue weighted by atomic mass is 9.67. The molecule has 2 aliphatic carbocycles. The highest BCUT2D eigenvalue weighted by Gasteiger charge is 2.45. The number of nitrogens with zero attached hydrogens (tertiary/aromatic N) is 1. The number of hydrogen-bond acceptors (Lipinski definition) is 2. The molecule has 0 amide bonds. The first kappa shape index (κ1) is 13.4. The van der Waals surface area contributed by atoms with E-state index in [9.17, 15) is 0 Å². The highest BCUT2D eigenvalue weighted by Crippen LogP contribution is 2.43. The summed E-state index contributed by atoms with van der Waals surface area (Å²) in [4.78, 5) is 2.63. The molecule has 0 bridgehead atoms. The van der Waals surface area contributed by atoms with E-state index in [1.165, 1.54) is 45.1 Å². The molecule has 2 fully saturated rings. The third kappa shape index (κ3) is 2.68. The predicted octanol–water partition coefficient (Wildman–Crippen LogP) is 2.87. The van der Waals surface area contributed by atoms with Gasteiger partial charge in [0, 0.05) is 18.6 Å². The molecule has 2 unspecified atom stereocenters. The average molecular weight is 238 g/mol. The number of hydrogen-bond donors (Lipinski definition) is 1. The number of nitrogens with two attached hydrogens (primary N) is 1. The Kier molecular flexibility index (Phi) is 4.14. The van der Waals surface area contributed by atoms with Crippen LogP contribution >= 0.6 is 0 Å². The van der Waals surface area contributed by atoms with Gasteiger partial charge in [-0.05, 0) is 50.5 Å². The summed E-state index contributed by atoms with van der Waals surface area (Å²) >= 11 is 0. The van der Waals surface area contributed by atoms with Crippen LogP contribution in [0, 0.1) is 17.8 Å². The van der Waals surface area contributed by atoms with E-state index in [-0.39, 0.29) is 0 Å². The minimum atomic E-state index is 0.301. The van der Waals surface area contributed by atoms with Crippen LogP contribution in [0.3, 0.4) is 0 Å². The first-order valence-corrected chi connectivity index (χ1v) is 7.51. The lowest BCUT2D eigenvalue weighted by Crippen LogP contribution is -2.60. The number of likely N-dealkylation sites (N-methyl/N-ethyl adjacent to an activating group) is 1. The summed E-state index contributed by atoms with van der Waals surface area (Å²) in [5, 5.41) is 0. The van der Waals surface area contributed by atoms with Gasteiger partial charge >= 0.3 is 0 Å². The molecule has 2 saturated carbocycles. The second-order valence-electron chi connectivity index (χ2n) is 6.73. The van der Waals surface area contributed by atoms with E-state index in [2.05, 4.69) is 25.8 Å². The molecule has 0 radical (unpaired) electrons. The van der Waals surface area contributed by atoms with Crippen LogP contribution in [0.5, 0.6) is 0 Å². The van der Waals surface area contributed by atoms with Crippen molar-refractivity contribution in [1.82, 2.24) is 4.90 Å². The molecule has 0 saturated heterocycles. The van der Waals surface area contributed by atoms with Gasteiger partial charge < -0.3 is 5.73 Å². The predicted molar refractivity (Wildman–Crippen MR) is 73.9 cm³/mol. The normalized spacial score (nSPS) is 34.6. The molecule has 2 nitrogen and oxygen atoms in total. The summed E-state index contributed by atoms with van der Waals surface area (Å²) in [5.74, 6) is 2.53. The van der Waals surface area contributed by atoms with Crippen molar-refractivity contribution in [3.05, 3.63) is 0 Å². The van der Waals surface area contributed by atoms with Gasteiger partial charge in [-0.25, -0.2) is 0 Å². The zero-order valence-corrected chi connectivity index (χ0v) is 11.9. The SMILES string of the molecule is CC(C)C1CCCCC1(CN)N(C)CC1CC1. The summed E-state index contributed by atoms with van der Waals surface area (Å²) in [5.41, 5.74) is 6.52. The monoisotopic (exact) mass is 238 g/mol. The maximum absolute atomic E-state index is 6.22. The van der Waals surface area contributed by atoms with Crippen molar-refractivity contribution >= 4 is 0 Å². The van der Waals surface area contributed by atoms with Gasteiger partial charge in [0.05, 0.1) is 0 Å². The Morgan fingerprint density at radius 2 is 1.94 bits per heavy atom. The second kappa shape index (κ2) is 5.27. The zero-order chi connectivity index (χ0) is 12.5. The largest absolute Gasteiger partial charge is 0.329 e. The Balaban J connectivity index is 2.11. The van der Waals surface area contributed by atoms with Gasteiger partial charge in [0.15, 0.2) is 0 Å². The van der Waals surface area contributed by atoms with Gasteiger partial charge in [-0.15, -0.1) is 0 Å². The Hall–Kier alpha value is -0.0800. The van der Waals surface area contributed by atoms with Crippen LogP contribution in [0.25, 0.3) is 0 Å². The van der Waals surface area contributed by atoms with Crippen molar-refractivity contribution in [2.75, 3.05) is 20.1 Å². The zero-order valence-electron chi connectivity index (χ0n) is 11.9. The molecule has 2 atom stereocenters. The lowest BCUT2D eigenvalue weighted by Gasteiger charge is -2.51. The number of rotatable bonds is 5. The van der Waals surface area contributed by atoms with E-state index < -0.39 is 0 Å². The van der Waals surface area contributed by atoms with Crippen LogP contribution in [0.15, 0.2) is 0 Å². The van der Waals surface area contributed by atoms with Crippen molar-refractivity contribution in [1.29, 1.82) is 0 Å². The molecule has 17 heavy (non-hydrogen) atoms. The minimum Gasteiger partial charge on any atom is -0.329 e. The molecule has 2 N–H and O–H groups in total. The summed E-state index contributed by atoms with van der Waals surface area (Å²) in [6.45, 7) is 6.89. The molecule has 100 valence electrons. The van der Waals surface area contributed by atoms with Crippen molar-refractivity contribution in [2.24, 2.45) is 23.5 Å². The van der Waals surface area contributed by atoms with Gasteiger partial charge in [-0.2, -0.15) is 0 Å². The first-order chi connectivity index (χ1) is 8.10. The van der Waals surface area contributed by atoms with Crippen molar-refractivity contribution in [3.63, 3.8) is 0 Å². The maximum Gasteiger partial charge on any atom is 0.0359 e.